The zero-order valence-corrected chi connectivity index (χ0v) is 52.1. The molecule has 0 saturated heterocycles. The van der Waals surface area contributed by atoms with Gasteiger partial charge in [-0.05, 0) is 213 Å². The van der Waals surface area contributed by atoms with Crippen LogP contribution in [-0.2, 0) is 16.2 Å². The van der Waals surface area contributed by atoms with Crippen molar-refractivity contribution in [3.05, 3.63) is 356 Å². The van der Waals surface area contributed by atoms with Crippen molar-refractivity contribution in [3.8, 4) is 33.4 Å². The summed E-state index contributed by atoms with van der Waals surface area (Å²) >= 11 is 0. The second-order valence-corrected chi connectivity index (χ2v) is 26.1. The van der Waals surface area contributed by atoms with Gasteiger partial charge in [-0.2, -0.15) is 0 Å². The van der Waals surface area contributed by atoms with Crippen LogP contribution in [0.3, 0.4) is 0 Å². The molecule has 0 spiro atoms. The molecule has 0 atom stereocenters. The van der Waals surface area contributed by atoms with Gasteiger partial charge in [0.05, 0.1) is 5.41 Å². The number of nitrogens with zero attached hydrogens (tertiary/aromatic N) is 2. The average molecular weight is 1150 g/mol. The number of hydrogen-bond donors (Lipinski definition) is 0. The maximum atomic E-state index is 2.46. The van der Waals surface area contributed by atoms with Crippen LogP contribution < -0.4 is 9.80 Å². The molecule has 0 amide bonds. The normalized spacial score (nSPS) is 14.2. The van der Waals surface area contributed by atoms with E-state index < -0.39 is 5.41 Å². The van der Waals surface area contributed by atoms with Gasteiger partial charge >= 0.3 is 0 Å². The van der Waals surface area contributed by atoms with Crippen LogP contribution in [0.4, 0.5) is 34.1 Å². The average Bonchev–Trinajstić information content (AvgIpc) is 1.57. The van der Waals surface area contributed by atoms with Crippen LogP contribution in [0.15, 0.2) is 267 Å². The Morgan fingerprint density at radius 3 is 0.764 bits per heavy atom. The van der Waals surface area contributed by atoms with E-state index in [4.69, 9.17) is 0 Å². The van der Waals surface area contributed by atoms with E-state index in [0.29, 0.717) is 0 Å². The fraction of sp³-hybridized carbons (Fsp3) is 0.126. The minimum absolute atomic E-state index is 0.209. The first kappa shape index (κ1) is 55.3. The Labute approximate surface area is 526 Å². The maximum absolute atomic E-state index is 2.46. The molecule has 89 heavy (non-hydrogen) atoms. The number of benzene rings is 12. The van der Waals surface area contributed by atoms with Crippen molar-refractivity contribution < 1.29 is 0 Å². The number of aryl methyl sites for hydroxylation is 4. The van der Waals surface area contributed by atoms with Crippen LogP contribution in [0.5, 0.6) is 0 Å². The molecule has 2 heteroatoms. The van der Waals surface area contributed by atoms with E-state index in [1.165, 1.54) is 122 Å². The molecule has 12 aromatic carbocycles. The van der Waals surface area contributed by atoms with E-state index in [2.05, 4.69) is 356 Å². The molecule has 12 aromatic rings. The summed E-state index contributed by atoms with van der Waals surface area (Å²) < 4.78 is 0. The number of hydrogen-bond acceptors (Lipinski definition) is 2. The van der Waals surface area contributed by atoms with Crippen LogP contribution in [0.25, 0.3) is 57.7 Å². The molecule has 0 bridgehead atoms. The van der Waals surface area contributed by atoms with Crippen molar-refractivity contribution in [1.82, 2.24) is 0 Å². The summed E-state index contributed by atoms with van der Waals surface area (Å²) in [5.41, 5.74) is 33.9. The molecular formula is C87H72N2. The summed E-state index contributed by atoms with van der Waals surface area (Å²) in [6.07, 6.45) is 9.25. The summed E-state index contributed by atoms with van der Waals surface area (Å²) in [4.78, 5) is 4.78. The number of rotatable bonds is 12. The molecule has 0 unspecified atom stereocenters. The minimum Gasteiger partial charge on any atom is -0.310 e. The first-order valence-electron chi connectivity index (χ1n) is 31.4. The van der Waals surface area contributed by atoms with Crippen molar-refractivity contribution in [2.75, 3.05) is 9.80 Å². The van der Waals surface area contributed by atoms with Crippen LogP contribution in [0, 0.1) is 27.7 Å². The highest BCUT2D eigenvalue weighted by Gasteiger charge is 2.46. The lowest BCUT2D eigenvalue weighted by atomic mass is 9.67. The van der Waals surface area contributed by atoms with Crippen LogP contribution in [0.1, 0.15) is 117 Å². The molecule has 0 heterocycles. The molecule has 0 saturated carbocycles. The Hall–Kier alpha value is -10.3. The lowest BCUT2D eigenvalue weighted by Crippen LogP contribution is -2.28. The monoisotopic (exact) mass is 1140 g/mol. The third kappa shape index (κ3) is 9.40. The summed E-state index contributed by atoms with van der Waals surface area (Å²) in [6, 6.07) is 100. The molecule has 0 aromatic heterocycles. The smallest absolute Gasteiger partial charge is 0.0713 e. The molecule has 0 N–H and O–H groups in total. The van der Waals surface area contributed by atoms with E-state index in [0.717, 1.165) is 34.1 Å². The van der Waals surface area contributed by atoms with E-state index in [9.17, 15) is 0 Å². The largest absolute Gasteiger partial charge is 0.310 e. The summed E-state index contributed by atoms with van der Waals surface area (Å²) in [6.45, 7) is 18.2. The van der Waals surface area contributed by atoms with Gasteiger partial charge < -0.3 is 9.80 Å². The molecule has 3 aliphatic rings. The van der Waals surface area contributed by atoms with E-state index in [-0.39, 0.29) is 10.8 Å². The summed E-state index contributed by atoms with van der Waals surface area (Å²) in [5, 5.41) is 0. The predicted molar refractivity (Wildman–Crippen MR) is 378 cm³/mol. The second kappa shape index (κ2) is 21.5. The quantitative estimate of drug-likeness (QED) is 0.113. The topological polar surface area (TPSA) is 6.48 Å². The fourth-order valence-corrected chi connectivity index (χ4v) is 14.8. The van der Waals surface area contributed by atoms with Gasteiger partial charge in [-0.25, -0.2) is 0 Å². The Kier molecular flexibility index (Phi) is 13.4. The van der Waals surface area contributed by atoms with Crippen LogP contribution in [0.2, 0.25) is 0 Å². The SMILES string of the molecule is Cc1ccc(N(c2ccc(C)cc2)c2ccc3c(c2)C(C)(C)c2cc(/C=C/c4ccc5c(c4)C(c4ccccc4)(c4ccccc4)c4cc(/C=C/c6ccc7c(c6)C(C)(C)c6cc(N(c8ccc(C)cc8)c8ccc(C)cc8)ccc6-7)ccc4-5)ccc2-3)cc1. The van der Waals surface area contributed by atoms with Gasteiger partial charge in [-0.3, -0.25) is 0 Å². The third-order valence-corrected chi connectivity index (χ3v) is 19.6. The summed E-state index contributed by atoms with van der Waals surface area (Å²) in [5.74, 6) is 0. The van der Waals surface area contributed by atoms with Crippen molar-refractivity contribution in [3.63, 3.8) is 0 Å². The van der Waals surface area contributed by atoms with Gasteiger partial charge in [0, 0.05) is 45.0 Å². The van der Waals surface area contributed by atoms with Gasteiger partial charge in [0.2, 0.25) is 0 Å². The Bertz CT molecular complexity index is 4370. The Morgan fingerprint density at radius 2 is 0.472 bits per heavy atom. The number of fused-ring (bicyclic) bond motifs is 9. The molecule has 0 fully saturated rings. The van der Waals surface area contributed by atoms with Crippen molar-refractivity contribution in [2.45, 2.75) is 71.6 Å². The Morgan fingerprint density at radius 1 is 0.236 bits per heavy atom. The molecular weight excluding hydrogens is 1070 g/mol. The van der Waals surface area contributed by atoms with Crippen molar-refractivity contribution in [1.29, 1.82) is 0 Å². The molecule has 15 rings (SSSR count). The van der Waals surface area contributed by atoms with Crippen LogP contribution in [-0.4, -0.2) is 0 Å². The van der Waals surface area contributed by atoms with E-state index in [1.54, 1.807) is 0 Å². The van der Waals surface area contributed by atoms with E-state index >= 15 is 0 Å². The van der Waals surface area contributed by atoms with Gasteiger partial charge in [-0.1, -0.05) is 256 Å². The lowest BCUT2D eigenvalue weighted by molar-refractivity contribution is 0.660. The highest BCUT2D eigenvalue weighted by molar-refractivity contribution is 5.92. The molecule has 3 aliphatic carbocycles. The predicted octanol–water partition coefficient (Wildman–Crippen LogP) is 23.2. The van der Waals surface area contributed by atoms with Crippen molar-refractivity contribution in [2.24, 2.45) is 0 Å². The first-order chi connectivity index (χ1) is 43.2. The van der Waals surface area contributed by atoms with Gasteiger partial charge in [-0.15, -0.1) is 0 Å². The zero-order chi connectivity index (χ0) is 60.8. The third-order valence-electron chi connectivity index (χ3n) is 19.6. The highest BCUT2D eigenvalue weighted by Crippen LogP contribution is 2.58. The van der Waals surface area contributed by atoms with Crippen molar-refractivity contribution >= 4 is 58.4 Å². The van der Waals surface area contributed by atoms with E-state index in [1.807, 2.05) is 0 Å². The maximum Gasteiger partial charge on any atom is 0.0713 e. The summed E-state index contributed by atoms with van der Waals surface area (Å²) in [7, 11) is 0. The zero-order valence-electron chi connectivity index (χ0n) is 52.1. The first-order valence-corrected chi connectivity index (χ1v) is 31.4. The van der Waals surface area contributed by atoms with Gasteiger partial charge in [0.1, 0.15) is 0 Å². The fourth-order valence-electron chi connectivity index (χ4n) is 14.8. The van der Waals surface area contributed by atoms with Crippen LogP contribution >= 0.6 is 0 Å². The van der Waals surface area contributed by atoms with Gasteiger partial charge in [0.25, 0.3) is 0 Å². The Balaban J connectivity index is 0.746. The second-order valence-electron chi connectivity index (χ2n) is 26.1. The minimum atomic E-state index is -0.561. The molecule has 2 nitrogen and oxygen atoms in total. The van der Waals surface area contributed by atoms with Gasteiger partial charge in [0.15, 0.2) is 0 Å². The lowest BCUT2D eigenvalue weighted by Gasteiger charge is -2.34. The highest BCUT2D eigenvalue weighted by atomic mass is 15.1. The molecule has 430 valence electrons. The standard InChI is InChI=1S/C87H72N2/c1-57-19-35-67(36-20-57)88(68-37-21-58(2)22-38-68)71-43-49-75-73-45-31-61(51-79(73)85(5,6)81(75)55-71)27-29-63-33-47-77-78-48-34-64(54-84(78)87(83(77)53-63,65-15-11-9-12-16-65)66-17-13-10-14-18-66)30-28-62-32-46-74-76-50-44-72(56-82(76)86(7,8)80(74)52-62)89(69-39-23-59(3)24-40-69)70-41-25-60(4)26-42-70/h9-56H,1-8H3/b29-27+,30-28+. The molecule has 0 radical (unpaired) electrons. The molecule has 0 aliphatic heterocycles. The number of anilines is 6.